The third kappa shape index (κ3) is 18.4. The summed E-state index contributed by atoms with van der Waals surface area (Å²) in [6.07, 6.45) is -10.3. The molecular formula is C18H8Cl18O12. The SMILES string of the molecule is O=C(OC[C@@H](OC(=O)C(Cl)(Cl)Cl)[C@@H](OC(=O)C(Cl)(Cl)Cl)[C@H](OC(=O)C(Cl)(Cl)Cl)[C@@H](COC(=O)C(Cl)(Cl)Cl)OC(=O)C(Cl)(Cl)Cl)C(Cl)(Cl)Cl. The van der Waals surface area contributed by atoms with Crippen LogP contribution in [0.5, 0.6) is 0 Å². The average molecular weight is 1050 g/mol. The first-order chi connectivity index (χ1) is 21.1. The summed E-state index contributed by atoms with van der Waals surface area (Å²) in [5.41, 5.74) is 0. The molecule has 0 aliphatic rings. The average Bonchev–Trinajstić information content (AvgIpc) is 2.86. The number of hydrogen-bond acceptors (Lipinski definition) is 12. The molecule has 0 aromatic rings. The van der Waals surface area contributed by atoms with Crippen molar-refractivity contribution in [2.75, 3.05) is 13.2 Å². The number of esters is 6. The van der Waals surface area contributed by atoms with Crippen LogP contribution in [0.15, 0.2) is 0 Å². The van der Waals surface area contributed by atoms with Crippen molar-refractivity contribution in [3.8, 4) is 0 Å². The first kappa shape index (κ1) is 50.0. The smallest absolute Gasteiger partial charge is 0.359 e. The van der Waals surface area contributed by atoms with Crippen LogP contribution in [0.25, 0.3) is 0 Å². The lowest BCUT2D eigenvalue weighted by molar-refractivity contribution is -0.208. The highest BCUT2D eigenvalue weighted by Gasteiger charge is 2.52. The molecule has 0 N–H and O–H groups in total. The van der Waals surface area contributed by atoms with E-state index in [2.05, 4.69) is 0 Å². The van der Waals surface area contributed by atoms with Crippen LogP contribution in [0.1, 0.15) is 0 Å². The van der Waals surface area contributed by atoms with Crippen molar-refractivity contribution in [3.63, 3.8) is 0 Å². The van der Waals surface area contributed by atoms with Gasteiger partial charge in [-0.05, 0) is 0 Å². The second-order valence-corrected chi connectivity index (χ2v) is 21.5. The van der Waals surface area contributed by atoms with Gasteiger partial charge in [0.2, 0.25) is 0 Å². The zero-order valence-electron chi connectivity index (χ0n) is 21.4. The van der Waals surface area contributed by atoms with E-state index in [1.165, 1.54) is 0 Å². The summed E-state index contributed by atoms with van der Waals surface area (Å²) in [5.74, 6) is -10.9. The molecule has 0 fully saturated rings. The molecule has 4 atom stereocenters. The zero-order chi connectivity index (χ0) is 38.4. The van der Waals surface area contributed by atoms with E-state index < -0.39 is 96.2 Å². The molecule has 0 radical (unpaired) electrons. The Hall–Kier alpha value is 2.04. The van der Waals surface area contributed by atoms with Crippen molar-refractivity contribution in [1.29, 1.82) is 0 Å². The molecule has 278 valence electrons. The molecule has 0 heterocycles. The summed E-state index contributed by atoms with van der Waals surface area (Å²) in [5, 5.41) is 0. The summed E-state index contributed by atoms with van der Waals surface area (Å²) in [6.45, 7) is -2.84. The molecule has 0 aliphatic heterocycles. The van der Waals surface area contributed by atoms with Gasteiger partial charge < -0.3 is 28.4 Å². The monoisotopic (exact) mass is 1050 g/mol. The lowest BCUT2D eigenvalue weighted by Gasteiger charge is -2.37. The molecule has 0 aromatic carbocycles. The van der Waals surface area contributed by atoms with Crippen molar-refractivity contribution in [2.24, 2.45) is 0 Å². The predicted octanol–water partition coefficient (Wildman–Crippen LogP) is 7.94. The third-order valence-electron chi connectivity index (χ3n) is 4.21. The van der Waals surface area contributed by atoms with Crippen molar-refractivity contribution in [1.82, 2.24) is 0 Å². The molecule has 0 rings (SSSR count). The summed E-state index contributed by atoms with van der Waals surface area (Å²) in [7, 11) is 0. The third-order valence-corrected chi connectivity index (χ3v) is 6.98. The molecule has 0 amide bonds. The normalized spacial score (nSPS) is 15.6. The van der Waals surface area contributed by atoms with Crippen LogP contribution in [0.4, 0.5) is 0 Å². The van der Waals surface area contributed by atoms with E-state index in [-0.39, 0.29) is 0 Å². The Morgan fingerprint density at radius 1 is 0.333 bits per heavy atom. The molecule has 0 saturated heterocycles. The highest BCUT2D eigenvalue weighted by atomic mass is 35.6. The molecule has 0 unspecified atom stereocenters. The quantitative estimate of drug-likeness (QED) is 0.112. The van der Waals surface area contributed by atoms with E-state index in [1.54, 1.807) is 0 Å². The number of halogens is 18. The van der Waals surface area contributed by atoms with E-state index >= 15 is 0 Å². The number of rotatable bonds is 11. The molecule has 30 heteroatoms. The molecule has 0 bridgehead atoms. The van der Waals surface area contributed by atoms with E-state index in [0.717, 1.165) is 0 Å². The van der Waals surface area contributed by atoms with Crippen LogP contribution >= 0.6 is 209 Å². The number of alkyl halides is 18. The molecule has 48 heavy (non-hydrogen) atoms. The highest BCUT2D eigenvalue weighted by Crippen LogP contribution is 2.36. The Labute approximate surface area is 358 Å². The Morgan fingerprint density at radius 2 is 0.521 bits per heavy atom. The summed E-state index contributed by atoms with van der Waals surface area (Å²) in [6, 6.07) is 0. The Balaban J connectivity index is 7.71. The van der Waals surface area contributed by atoms with Gasteiger partial charge in [-0.2, -0.15) is 0 Å². The minimum absolute atomic E-state index is 1.42. The van der Waals surface area contributed by atoms with Gasteiger partial charge in [0.25, 0.3) is 22.8 Å². The summed E-state index contributed by atoms with van der Waals surface area (Å²) < 4.78 is 11.9. The maximum atomic E-state index is 12.8. The van der Waals surface area contributed by atoms with E-state index in [9.17, 15) is 28.8 Å². The van der Waals surface area contributed by atoms with Crippen molar-refractivity contribution in [3.05, 3.63) is 0 Å². The van der Waals surface area contributed by atoms with Gasteiger partial charge in [-0.3, -0.25) is 0 Å². The fourth-order valence-corrected chi connectivity index (χ4v) is 3.23. The minimum Gasteiger partial charge on any atom is -0.458 e. The molecule has 0 aliphatic carbocycles. The second-order valence-electron chi connectivity index (χ2n) is 7.81. The fraction of sp³-hybridized carbons (Fsp3) is 0.667. The van der Waals surface area contributed by atoms with Gasteiger partial charge in [-0.15, -0.1) is 0 Å². The maximum Gasteiger partial charge on any atom is 0.359 e. The molecular weight excluding hydrogens is 1050 g/mol. The van der Waals surface area contributed by atoms with Crippen molar-refractivity contribution in [2.45, 2.75) is 47.2 Å². The Bertz CT molecular complexity index is 1100. The first-order valence-electron chi connectivity index (χ1n) is 10.7. The number of ether oxygens (including phenoxy) is 6. The van der Waals surface area contributed by atoms with Crippen LogP contribution in [0, 0.1) is 0 Å². The predicted molar refractivity (Wildman–Crippen MR) is 183 cm³/mol. The topological polar surface area (TPSA) is 158 Å². The number of carbonyl (C=O) groups is 6. The molecule has 0 aromatic heterocycles. The summed E-state index contributed by atoms with van der Waals surface area (Å²) in [4.78, 5) is 75.4. The first-order valence-corrected chi connectivity index (χ1v) is 17.5. The number of carbonyl (C=O) groups excluding carboxylic acids is 6. The minimum atomic E-state index is -3.04. The van der Waals surface area contributed by atoms with Crippen LogP contribution in [-0.4, -0.2) is 96.2 Å². The van der Waals surface area contributed by atoms with Gasteiger partial charge in [0.15, 0.2) is 24.4 Å². The molecule has 0 saturated carbocycles. The van der Waals surface area contributed by atoms with Crippen molar-refractivity contribution < 1.29 is 57.2 Å². The van der Waals surface area contributed by atoms with Crippen LogP contribution in [-0.2, 0) is 57.2 Å². The van der Waals surface area contributed by atoms with Gasteiger partial charge in [-0.1, -0.05) is 209 Å². The fourth-order valence-electron chi connectivity index (χ4n) is 2.37. The second kappa shape index (κ2) is 19.6. The van der Waals surface area contributed by atoms with Gasteiger partial charge in [0.1, 0.15) is 13.2 Å². The van der Waals surface area contributed by atoms with Crippen LogP contribution in [0.2, 0.25) is 0 Å². The zero-order valence-corrected chi connectivity index (χ0v) is 35.0. The van der Waals surface area contributed by atoms with E-state index in [1.807, 2.05) is 0 Å². The molecule has 0 spiro atoms. The van der Waals surface area contributed by atoms with E-state index in [4.69, 9.17) is 237 Å². The summed E-state index contributed by atoms with van der Waals surface area (Å²) >= 11 is 99.6. The Kier molecular flexibility index (Phi) is 20.4. The largest absolute Gasteiger partial charge is 0.458 e. The van der Waals surface area contributed by atoms with Crippen LogP contribution in [0.3, 0.4) is 0 Å². The highest BCUT2D eigenvalue weighted by molar-refractivity contribution is 6.78. The van der Waals surface area contributed by atoms with Crippen LogP contribution < -0.4 is 0 Å². The maximum absolute atomic E-state index is 12.8. The molecule has 12 nitrogen and oxygen atoms in total. The lowest BCUT2D eigenvalue weighted by atomic mass is 10.0. The van der Waals surface area contributed by atoms with Gasteiger partial charge in [-0.25, -0.2) is 28.8 Å². The Morgan fingerprint density at radius 3 is 0.708 bits per heavy atom. The van der Waals surface area contributed by atoms with Gasteiger partial charge in [0.05, 0.1) is 0 Å². The van der Waals surface area contributed by atoms with Gasteiger partial charge >= 0.3 is 35.8 Å². The number of hydrogen-bond donors (Lipinski definition) is 0. The van der Waals surface area contributed by atoms with E-state index in [0.29, 0.717) is 0 Å². The van der Waals surface area contributed by atoms with Gasteiger partial charge in [0, 0.05) is 0 Å². The standard InChI is InChI=1S/C18H8Cl18O12/c19-13(20,21)7(37)43-1-3(45-9(39)15(25,26)27)5(47-11(41)17(31,32)33)6(48-12(42)18(34,35)36)4(46-10(40)16(28,29)30)2-44-8(38)14(22,23)24/h3-6H,1-2H2/t3-,4-,5-,6-/m1/s1. The van der Waals surface area contributed by atoms with Crippen molar-refractivity contribution >= 4 is 245 Å². The lowest BCUT2D eigenvalue weighted by Crippen LogP contribution is -2.57.